The number of benzene rings is 6. The zero-order chi connectivity index (χ0) is 64.4. The van der Waals surface area contributed by atoms with E-state index in [-0.39, 0.29) is 39.4 Å². The van der Waals surface area contributed by atoms with Gasteiger partial charge in [0.05, 0.1) is 23.5 Å². The summed E-state index contributed by atoms with van der Waals surface area (Å²) in [6.45, 7) is 12.8. The molecule has 6 aromatic carbocycles. The van der Waals surface area contributed by atoms with Crippen LogP contribution in [0.4, 0.5) is 23.2 Å². The number of hydrogen-bond acceptors (Lipinski definition) is 14. The van der Waals surface area contributed by atoms with Crippen molar-refractivity contribution >= 4 is 79.8 Å². The van der Waals surface area contributed by atoms with Crippen molar-refractivity contribution in [1.82, 2.24) is 58.7 Å². The van der Waals surface area contributed by atoms with E-state index in [1.807, 2.05) is 97.9 Å². The van der Waals surface area contributed by atoms with E-state index in [1.165, 1.54) is 74.5 Å². The number of rotatable bonds is 17. The SMILES string of the molecule is C=CCc1ccccc1OCCSc1nc(-c2ccc(C(C)(C)C)cc2)nc2cc(=O)[nH]n12.Cc1cccc(-c2nc(SCC(=O)Nc3cccc(C(F)(F)F)c3)n3[nH]c(=O)cc3n2)c1.O=c1cc2nc(-c3ccccc3F)nc(SCc3ccc(Br)cc3)n2[nH]1. The Morgan fingerprint density at radius 3 is 1.81 bits per heavy atom. The molecule has 91 heavy (non-hydrogen) atoms. The number of halogens is 5. The van der Waals surface area contributed by atoms with Gasteiger partial charge in [-0.3, -0.25) is 34.5 Å². The summed E-state index contributed by atoms with van der Waals surface area (Å²) < 4.78 is 64.3. The largest absolute Gasteiger partial charge is 0.492 e. The number of ether oxygens (including phenoxy) is 1. The van der Waals surface area contributed by atoms with Crippen LogP contribution < -0.4 is 26.7 Å². The van der Waals surface area contributed by atoms with E-state index in [9.17, 15) is 36.7 Å². The lowest BCUT2D eigenvalue weighted by atomic mass is 9.87. The highest BCUT2D eigenvalue weighted by Gasteiger charge is 2.30. The van der Waals surface area contributed by atoms with Gasteiger partial charge in [-0.25, -0.2) is 47.8 Å². The first-order valence-corrected chi connectivity index (χ1v) is 31.7. The minimum atomic E-state index is -4.51. The van der Waals surface area contributed by atoms with Crippen LogP contribution in [0.2, 0.25) is 0 Å². The summed E-state index contributed by atoms with van der Waals surface area (Å²) in [5.41, 5.74) is 6.09. The van der Waals surface area contributed by atoms with Gasteiger partial charge in [0, 0.05) is 51.0 Å². The van der Waals surface area contributed by atoms with Crippen molar-refractivity contribution in [3.05, 3.63) is 246 Å². The Bertz CT molecular complexity index is 4770. The molecular formula is C65H56BrF4N13O5S3. The normalized spacial score (nSPS) is 11.5. The molecule has 18 nitrogen and oxygen atoms in total. The Kier molecular flexibility index (Phi) is 20.3. The van der Waals surface area contributed by atoms with Crippen molar-refractivity contribution in [3.8, 4) is 39.9 Å². The number of aromatic amines is 3. The van der Waals surface area contributed by atoms with Crippen LogP contribution in [0.25, 0.3) is 51.1 Å². The van der Waals surface area contributed by atoms with E-state index >= 15 is 0 Å². The van der Waals surface area contributed by atoms with Gasteiger partial charge in [0.15, 0.2) is 49.9 Å². The maximum atomic E-state index is 14.1. The summed E-state index contributed by atoms with van der Waals surface area (Å²) in [5, 5.41) is 12.0. The van der Waals surface area contributed by atoms with Crippen molar-refractivity contribution in [2.45, 2.75) is 66.9 Å². The Morgan fingerprint density at radius 1 is 0.626 bits per heavy atom. The molecule has 0 fully saturated rings. The summed E-state index contributed by atoms with van der Waals surface area (Å²) in [6, 6.07) is 46.6. The van der Waals surface area contributed by atoms with Gasteiger partial charge >= 0.3 is 6.18 Å². The molecule has 0 spiro atoms. The van der Waals surface area contributed by atoms with Gasteiger partial charge in [-0.1, -0.05) is 175 Å². The molecule has 12 aromatic rings. The van der Waals surface area contributed by atoms with E-state index in [0.29, 0.717) is 67.7 Å². The van der Waals surface area contributed by atoms with E-state index in [1.54, 1.807) is 22.7 Å². The fourth-order valence-electron chi connectivity index (χ4n) is 8.95. The molecule has 26 heteroatoms. The number of nitrogens with zero attached hydrogens (tertiary/aromatic N) is 9. The van der Waals surface area contributed by atoms with Gasteiger partial charge < -0.3 is 10.1 Å². The van der Waals surface area contributed by atoms with Crippen molar-refractivity contribution in [1.29, 1.82) is 0 Å². The highest BCUT2D eigenvalue weighted by Crippen LogP contribution is 2.32. The number of aryl methyl sites for hydroxylation is 1. The molecular weight excluding hydrogens is 1290 g/mol. The predicted molar refractivity (Wildman–Crippen MR) is 352 cm³/mol. The van der Waals surface area contributed by atoms with Gasteiger partial charge in [0.1, 0.15) is 11.6 Å². The first kappa shape index (κ1) is 64.6. The van der Waals surface area contributed by atoms with Gasteiger partial charge in [-0.05, 0) is 90.0 Å². The van der Waals surface area contributed by atoms with Crippen LogP contribution in [0.5, 0.6) is 5.75 Å². The molecule has 0 atom stereocenters. The Labute approximate surface area is 538 Å². The first-order valence-electron chi connectivity index (χ1n) is 28.0. The number of H-pyrrole nitrogens is 3. The minimum absolute atomic E-state index is 0.0353. The van der Waals surface area contributed by atoms with Gasteiger partial charge in [0.25, 0.3) is 16.7 Å². The van der Waals surface area contributed by atoms with Gasteiger partial charge in [-0.15, -0.1) is 6.58 Å². The molecule has 0 aliphatic heterocycles. The Balaban J connectivity index is 0.000000151. The minimum Gasteiger partial charge on any atom is -0.492 e. The molecule has 0 aliphatic carbocycles. The molecule has 0 bridgehead atoms. The zero-order valence-corrected chi connectivity index (χ0v) is 53.1. The molecule has 6 heterocycles. The fourth-order valence-corrected chi connectivity index (χ4v) is 11.6. The van der Waals surface area contributed by atoms with Crippen LogP contribution in [0.15, 0.2) is 211 Å². The van der Waals surface area contributed by atoms with Crippen LogP contribution in [0.3, 0.4) is 0 Å². The second-order valence-corrected chi connectivity index (χ2v) is 25.1. The van der Waals surface area contributed by atoms with Crippen LogP contribution >= 0.6 is 51.2 Å². The maximum absolute atomic E-state index is 14.1. The molecule has 0 saturated heterocycles. The lowest BCUT2D eigenvalue weighted by Gasteiger charge is -2.19. The number of hydrogen-bond donors (Lipinski definition) is 4. The summed E-state index contributed by atoms with van der Waals surface area (Å²) >= 11 is 7.39. The third-order valence-corrected chi connectivity index (χ3v) is 16.7. The van der Waals surface area contributed by atoms with Crippen LogP contribution in [-0.2, 0) is 28.6 Å². The molecule has 4 N–H and O–H groups in total. The van der Waals surface area contributed by atoms with Crippen LogP contribution in [0, 0.1) is 12.7 Å². The fraction of sp³-hybridized carbons (Fsp3) is 0.169. The van der Waals surface area contributed by atoms with Crippen molar-refractivity contribution in [2.24, 2.45) is 0 Å². The Hall–Kier alpha value is -9.37. The number of aromatic nitrogens is 12. The van der Waals surface area contributed by atoms with Crippen LogP contribution in [0.1, 0.15) is 48.6 Å². The molecule has 0 unspecified atom stereocenters. The molecule has 0 radical (unpaired) electrons. The number of carbonyl (C=O) groups is 1. The molecule has 12 rings (SSSR count). The third kappa shape index (κ3) is 16.7. The Morgan fingerprint density at radius 2 is 1.20 bits per heavy atom. The van der Waals surface area contributed by atoms with E-state index < -0.39 is 23.5 Å². The summed E-state index contributed by atoms with van der Waals surface area (Å²) in [5.74, 6) is 2.33. The monoisotopic (exact) mass is 1350 g/mol. The van der Waals surface area contributed by atoms with E-state index in [4.69, 9.17) is 9.72 Å². The van der Waals surface area contributed by atoms with Crippen molar-refractivity contribution < 1.29 is 27.1 Å². The second kappa shape index (κ2) is 28.6. The number of para-hydroxylation sites is 1. The summed E-state index contributed by atoms with van der Waals surface area (Å²) in [6.07, 6.45) is -1.88. The van der Waals surface area contributed by atoms with Crippen LogP contribution in [-0.4, -0.2) is 82.8 Å². The number of thioether (sulfide) groups is 3. The number of alkyl halides is 3. The molecule has 6 aromatic heterocycles. The molecule has 0 saturated carbocycles. The van der Waals surface area contributed by atoms with Gasteiger partial charge in [-0.2, -0.15) is 13.2 Å². The number of carbonyl (C=O) groups excluding carboxylic acids is 1. The highest BCUT2D eigenvalue weighted by molar-refractivity contribution is 9.10. The first-order chi connectivity index (χ1) is 43.6. The number of nitrogens with one attached hydrogen (secondary N) is 4. The molecule has 0 aliphatic rings. The standard InChI is InChI=1S/C26H28N4O2S.C21H16F3N5O2S.C18H12BrFN4OS/c1-5-8-18-9-6-7-10-21(18)32-15-16-33-25-28-24(27-22-17-23(31)29-30(22)25)19-11-13-20(14-12-19)26(2,3)4;1-12-4-2-5-13(8-12)19-26-16-10-17(30)28-29(16)20(27-19)32-11-18(31)25-15-7-3-6-14(9-15)21(22,23)24;19-12-7-5-11(6-8-12)10-26-18-22-17(13-3-1-2-4-14(13)20)21-15-9-16(25)23-24(15)18/h5-7,9-14,17H,1,8,15-16H2,2-4H3,(H,29,31);2-10H,11H2,1H3,(H,25,31)(H,28,30);1-9H,10H2,(H,23,25). The van der Waals surface area contributed by atoms with Gasteiger partial charge in [0.2, 0.25) is 5.91 Å². The van der Waals surface area contributed by atoms with E-state index in [0.717, 1.165) is 68.4 Å². The number of fused-ring (bicyclic) bond motifs is 3. The molecule has 1 amide bonds. The summed E-state index contributed by atoms with van der Waals surface area (Å²) in [7, 11) is 0. The quantitative estimate of drug-likeness (QED) is 0.0288. The number of allylic oxidation sites excluding steroid dienone is 1. The lowest BCUT2D eigenvalue weighted by Crippen LogP contribution is -2.16. The van der Waals surface area contributed by atoms with Crippen molar-refractivity contribution in [2.75, 3.05) is 23.4 Å². The van der Waals surface area contributed by atoms with Crippen molar-refractivity contribution in [3.63, 3.8) is 0 Å². The maximum Gasteiger partial charge on any atom is 0.416 e. The topological polar surface area (TPSA) is 227 Å². The van der Waals surface area contributed by atoms with E-state index in [2.05, 4.69) is 101 Å². The smallest absolute Gasteiger partial charge is 0.416 e. The second-order valence-electron chi connectivity index (χ2n) is 21.2. The lowest BCUT2D eigenvalue weighted by molar-refractivity contribution is -0.137. The third-order valence-electron chi connectivity index (χ3n) is 13.4. The number of anilines is 1. The zero-order valence-electron chi connectivity index (χ0n) is 49.1. The average Bonchev–Trinajstić information content (AvgIpc) is 2.06. The predicted octanol–water partition coefficient (Wildman–Crippen LogP) is 13.7. The summed E-state index contributed by atoms with van der Waals surface area (Å²) in [4.78, 5) is 74.9. The number of amides is 1. The molecule has 464 valence electrons. The average molecular weight is 1350 g/mol. The highest BCUT2D eigenvalue weighted by atomic mass is 79.9.